The monoisotopic (exact) mass is 416 g/mol. The summed E-state index contributed by atoms with van der Waals surface area (Å²) in [6.07, 6.45) is 4.72. The van der Waals surface area contributed by atoms with Crippen LogP contribution in [0.2, 0.25) is 0 Å². The van der Waals surface area contributed by atoms with Crippen LogP contribution in [0.25, 0.3) is 0 Å². The van der Waals surface area contributed by atoms with E-state index in [-0.39, 0.29) is 37.8 Å². The van der Waals surface area contributed by atoms with E-state index in [1.807, 2.05) is 4.68 Å². The maximum absolute atomic E-state index is 12.1. The van der Waals surface area contributed by atoms with E-state index in [2.05, 4.69) is 29.5 Å². The molecule has 1 aliphatic carbocycles. The number of nitrogens with zero attached hydrogens (tertiary/aromatic N) is 3. The molecule has 2 N–H and O–H groups in total. The summed E-state index contributed by atoms with van der Waals surface area (Å²) < 4.78 is 24.5. The molecule has 2 rings (SSSR count). The third-order valence-corrected chi connectivity index (χ3v) is 6.62. The topological polar surface area (TPSA) is 116 Å². The fraction of sp³-hybridized carbons (Fsp3) is 0.833. The normalized spacial score (nSPS) is 19.8. The van der Waals surface area contributed by atoms with Gasteiger partial charge in [0.05, 0.1) is 18.0 Å². The van der Waals surface area contributed by atoms with Crippen molar-refractivity contribution < 1.29 is 23.5 Å². The van der Waals surface area contributed by atoms with Crippen molar-refractivity contribution in [3.05, 3.63) is 11.4 Å². The Kier molecular flexibility index (Phi) is 8.61. The first kappa shape index (κ1) is 23.0. The van der Waals surface area contributed by atoms with Gasteiger partial charge in [-0.05, 0) is 33.1 Å². The molecule has 0 fully saturated rings. The Balaban J connectivity index is 1.85. The van der Waals surface area contributed by atoms with Crippen LogP contribution in [0.15, 0.2) is 0 Å². The van der Waals surface area contributed by atoms with Crippen molar-refractivity contribution >= 4 is 13.5 Å². The van der Waals surface area contributed by atoms with Gasteiger partial charge in [0, 0.05) is 12.6 Å². The van der Waals surface area contributed by atoms with Gasteiger partial charge in [0.15, 0.2) is 0 Å². The summed E-state index contributed by atoms with van der Waals surface area (Å²) in [5, 5.41) is 11.3. The second kappa shape index (κ2) is 10.5. The summed E-state index contributed by atoms with van der Waals surface area (Å²) in [6, 6.07) is 0.230. The molecule has 0 saturated heterocycles. The van der Waals surface area contributed by atoms with Gasteiger partial charge in [-0.15, -0.1) is 5.10 Å². The molecule has 2 atom stereocenters. The van der Waals surface area contributed by atoms with Crippen LogP contribution in [0.4, 0.5) is 0 Å². The Labute approximate surface area is 166 Å². The summed E-state index contributed by atoms with van der Waals surface area (Å²) in [4.78, 5) is 21.7. The number of amides is 1. The summed E-state index contributed by atoms with van der Waals surface area (Å²) in [7, 11) is -3.61. The Morgan fingerprint density at radius 3 is 2.75 bits per heavy atom. The van der Waals surface area contributed by atoms with Gasteiger partial charge in [0.1, 0.15) is 18.4 Å². The lowest BCUT2D eigenvalue weighted by Gasteiger charge is -2.21. The van der Waals surface area contributed by atoms with E-state index in [9.17, 15) is 14.3 Å². The van der Waals surface area contributed by atoms with E-state index in [0.717, 1.165) is 43.5 Å². The molecule has 2 unspecified atom stereocenters. The van der Waals surface area contributed by atoms with Gasteiger partial charge < -0.3 is 19.5 Å². The van der Waals surface area contributed by atoms with E-state index in [1.54, 1.807) is 13.8 Å². The molecule has 1 aromatic heterocycles. The molecular formula is C18H33N4O5P. The highest BCUT2D eigenvalue weighted by molar-refractivity contribution is 7.53. The summed E-state index contributed by atoms with van der Waals surface area (Å²) >= 11 is 0. The second-order valence-electron chi connectivity index (χ2n) is 7.70. The molecular weight excluding hydrogens is 383 g/mol. The standard InChI is InChI=1S/C18H33N4O5P/c1-13(2)22-15-8-6-5-7-9-16(18(15)20-21-22)26-12-17(23)19-10-11-27-28(24,25)14(3)4/h13-14,16H,5-12H2,1-4H3,(H,19,23)(H,24,25). The van der Waals surface area contributed by atoms with E-state index in [0.29, 0.717) is 0 Å². The predicted octanol–water partition coefficient (Wildman–Crippen LogP) is 2.76. The number of hydrogen-bond acceptors (Lipinski definition) is 6. The number of aromatic nitrogens is 3. The van der Waals surface area contributed by atoms with Crippen molar-refractivity contribution in [2.24, 2.45) is 0 Å². The molecule has 160 valence electrons. The molecule has 1 aliphatic rings. The molecule has 0 bridgehead atoms. The summed E-state index contributed by atoms with van der Waals surface area (Å²) in [5.74, 6) is -0.291. The van der Waals surface area contributed by atoms with Crippen LogP contribution in [0, 0.1) is 0 Å². The third kappa shape index (κ3) is 6.37. The van der Waals surface area contributed by atoms with Gasteiger partial charge in [-0.1, -0.05) is 31.9 Å². The van der Waals surface area contributed by atoms with Crippen molar-refractivity contribution in [3.8, 4) is 0 Å². The van der Waals surface area contributed by atoms with Crippen LogP contribution in [-0.4, -0.2) is 51.2 Å². The fourth-order valence-corrected chi connectivity index (χ4v) is 3.73. The van der Waals surface area contributed by atoms with Crippen molar-refractivity contribution in [2.75, 3.05) is 19.8 Å². The number of carbonyl (C=O) groups excluding carboxylic acids is 1. The molecule has 0 aliphatic heterocycles. The zero-order valence-electron chi connectivity index (χ0n) is 17.3. The van der Waals surface area contributed by atoms with E-state index in [4.69, 9.17) is 9.26 Å². The van der Waals surface area contributed by atoms with Gasteiger partial charge in [0.2, 0.25) is 5.91 Å². The molecule has 0 spiro atoms. The summed E-state index contributed by atoms with van der Waals surface area (Å²) in [5.41, 5.74) is 1.46. The van der Waals surface area contributed by atoms with Crippen LogP contribution in [0.1, 0.15) is 76.9 Å². The fourth-order valence-electron chi connectivity index (χ4n) is 3.07. The highest BCUT2D eigenvalue weighted by atomic mass is 31.2. The van der Waals surface area contributed by atoms with Crippen LogP contribution in [0.5, 0.6) is 0 Å². The minimum Gasteiger partial charge on any atom is -0.362 e. The Hall–Kier alpha value is -1.28. The van der Waals surface area contributed by atoms with Crippen LogP contribution >= 0.6 is 7.60 Å². The SMILES string of the molecule is CC(C)n1nnc2c1CCCCCC2OCC(=O)NCCOP(=O)(O)C(C)C. The lowest BCUT2D eigenvalue weighted by atomic mass is 9.98. The number of hydrogen-bond donors (Lipinski definition) is 2. The molecule has 0 radical (unpaired) electrons. The van der Waals surface area contributed by atoms with Crippen molar-refractivity contribution in [1.82, 2.24) is 20.3 Å². The zero-order chi connectivity index (χ0) is 20.7. The average molecular weight is 416 g/mol. The van der Waals surface area contributed by atoms with E-state index in [1.165, 1.54) is 0 Å². The number of carbonyl (C=O) groups is 1. The van der Waals surface area contributed by atoms with Crippen molar-refractivity contribution in [1.29, 1.82) is 0 Å². The van der Waals surface area contributed by atoms with E-state index < -0.39 is 13.3 Å². The van der Waals surface area contributed by atoms with E-state index >= 15 is 0 Å². The molecule has 28 heavy (non-hydrogen) atoms. The first-order valence-electron chi connectivity index (χ1n) is 10.0. The molecule has 1 heterocycles. The molecule has 1 aromatic rings. The van der Waals surface area contributed by atoms with Crippen LogP contribution in [-0.2, 0) is 25.0 Å². The van der Waals surface area contributed by atoms with Crippen molar-refractivity contribution in [3.63, 3.8) is 0 Å². The predicted molar refractivity (Wildman–Crippen MR) is 105 cm³/mol. The molecule has 9 nitrogen and oxygen atoms in total. The van der Waals surface area contributed by atoms with Crippen LogP contribution in [0.3, 0.4) is 0 Å². The van der Waals surface area contributed by atoms with Crippen molar-refractivity contribution in [2.45, 2.75) is 77.6 Å². The maximum atomic E-state index is 12.1. The second-order valence-corrected chi connectivity index (χ2v) is 10.1. The first-order valence-corrected chi connectivity index (χ1v) is 11.7. The molecule has 0 aromatic carbocycles. The van der Waals surface area contributed by atoms with Gasteiger partial charge in [-0.25, -0.2) is 4.68 Å². The van der Waals surface area contributed by atoms with Gasteiger partial charge in [0.25, 0.3) is 0 Å². The molecule has 1 amide bonds. The van der Waals surface area contributed by atoms with Gasteiger partial charge in [-0.3, -0.25) is 9.36 Å². The Bertz CT molecular complexity index is 692. The quantitative estimate of drug-likeness (QED) is 0.470. The number of rotatable bonds is 9. The lowest BCUT2D eigenvalue weighted by Crippen LogP contribution is -2.31. The summed E-state index contributed by atoms with van der Waals surface area (Å²) in [6.45, 7) is 7.41. The highest BCUT2D eigenvalue weighted by Crippen LogP contribution is 2.46. The average Bonchev–Trinajstić information content (AvgIpc) is 3.01. The largest absolute Gasteiger partial charge is 0.362 e. The van der Waals surface area contributed by atoms with Gasteiger partial charge in [-0.2, -0.15) is 0 Å². The Morgan fingerprint density at radius 1 is 1.32 bits per heavy atom. The highest BCUT2D eigenvalue weighted by Gasteiger charge is 2.26. The number of fused-ring (bicyclic) bond motifs is 1. The van der Waals surface area contributed by atoms with Crippen LogP contribution < -0.4 is 5.32 Å². The van der Waals surface area contributed by atoms with Gasteiger partial charge >= 0.3 is 7.60 Å². The number of ether oxygens (including phenoxy) is 1. The molecule has 0 saturated carbocycles. The molecule has 10 heteroatoms. The smallest absolute Gasteiger partial charge is 0.330 e. The first-order chi connectivity index (χ1) is 13.2. The minimum absolute atomic E-state index is 0.0199. The maximum Gasteiger partial charge on any atom is 0.330 e. The minimum atomic E-state index is -3.61. The Morgan fingerprint density at radius 2 is 2.07 bits per heavy atom. The number of nitrogens with one attached hydrogen (secondary N) is 1. The third-order valence-electron chi connectivity index (χ3n) is 4.76. The lowest BCUT2D eigenvalue weighted by molar-refractivity contribution is -0.128. The zero-order valence-corrected chi connectivity index (χ0v) is 18.2.